The normalized spacial score (nSPS) is 20.4. The molecule has 124 valence electrons. The van der Waals surface area contributed by atoms with Crippen molar-refractivity contribution in [3.8, 4) is 0 Å². The van der Waals surface area contributed by atoms with Gasteiger partial charge >= 0.3 is 0 Å². The smallest absolute Gasteiger partial charge is 0.296 e. The Kier molecular flexibility index (Phi) is 3.87. The van der Waals surface area contributed by atoms with E-state index >= 15 is 0 Å². The third-order valence-electron chi connectivity index (χ3n) is 5.56. The van der Waals surface area contributed by atoms with Crippen molar-refractivity contribution in [1.29, 1.82) is 0 Å². The van der Waals surface area contributed by atoms with Gasteiger partial charge in [0.05, 0.1) is 0 Å². The van der Waals surface area contributed by atoms with E-state index in [0.29, 0.717) is 0 Å². The molecule has 0 fully saturated rings. The lowest BCUT2D eigenvalue weighted by atomic mass is 9.93. The van der Waals surface area contributed by atoms with Crippen LogP contribution in [-0.4, -0.2) is 11.9 Å². The summed E-state index contributed by atoms with van der Waals surface area (Å²) in [7, 11) is 0. The van der Waals surface area contributed by atoms with E-state index in [1.807, 2.05) is 17.9 Å². The summed E-state index contributed by atoms with van der Waals surface area (Å²) in [5, 5.41) is 0. The van der Waals surface area contributed by atoms with Crippen LogP contribution < -0.4 is 9.47 Å². The fourth-order valence-electron chi connectivity index (χ4n) is 4.16. The fraction of sp³-hybridized carbons (Fsp3) is 0.429. The molecule has 0 spiro atoms. The van der Waals surface area contributed by atoms with Crippen LogP contribution in [0.15, 0.2) is 42.7 Å². The second-order valence-electron chi connectivity index (χ2n) is 7.22. The number of aromatic nitrogens is 1. The van der Waals surface area contributed by atoms with Gasteiger partial charge in [0.1, 0.15) is 0 Å². The van der Waals surface area contributed by atoms with Crippen molar-refractivity contribution in [2.24, 2.45) is 0 Å². The van der Waals surface area contributed by atoms with Gasteiger partial charge in [-0.25, -0.2) is 0 Å². The van der Waals surface area contributed by atoms with E-state index in [4.69, 9.17) is 0 Å². The minimum Gasteiger partial charge on any atom is -0.303 e. The molecule has 0 bridgehead atoms. The van der Waals surface area contributed by atoms with Crippen LogP contribution in [0.2, 0.25) is 0 Å². The summed E-state index contributed by atoms with van der Waals surface area (Å²) in [5.41, 5.74) is 5.23. The van der Waals surface area contributed by atoms with Crippen LogP contribution in [0.4, 0.5) is 5.69 Å². The van der Waals surface area contributed by atoms with Crippen LogP contribution in [-0.2, 0) is 24.1 Å². The molecular weight excluding hydrogens is 296 g/mol. The lowest BCUT2D eigenvalue weighted by Gasteiger charge is -2.24. The first-order chi connectivity index (χ1) is 11.6. The van der Waals surface area contributed by atoms with Gasteiger partial charge in [-0.05, 0) is 56.2 Å². The van der Waals surface area contributed by atoms with Gasteiger partial charge in [0, 0.05) is 30.3 Å². The number of fused-ring (bicyclic) bond motifs is 2. The predicted octanol–water partition coefficient (Wildman–Crippen LogP) is 3.39. The molecule has 0 radical (unpaired) electrons. The van der Waals surface area contributed by atoms with Gasteiger partial charge in [-0.1, -0.05) is 18.2 Å². The molecule has 2 aliphatic rings. The summed E-state index contributed by atoms with van der Waals surface area (Å²) in [6, 6.07) is 10.5. The number of rotatable bonds is 2. The molecule has 2 heterocycles. The van der Waals surface area contributed by atoms with Crippen molar-refractivity contribution >= 4 is 11.6 Å². The Labute approximate surface area is 143 Å². The number of carbonyl (C=O) groups excluding carboxylic acids is 1. The van der Waals surface area contributed by atoms with E-state index in [1.165, 1.54) is 36.0 Å². The zero-order valence-electron chi connectivity index (χ0n) is 14.5. The van der Waals surface area contributed by atoms with E-state index in [2.05, 4.69) is 48.1 Å². The highest BCUT2D eigenvalue weighted by Gasteiger charge is 2.36. The largest absolute Gasteiger partial charge is 0.303 e. The molecule has 0 N–H and O–H groups in total. The van der Waals surface area contributed by atoms with Crippen molar-refractivity contribution < 1.29 is 9.36 Å². The fourth-order valence-corrected chi connectivity index (χ4v) is 4.16. The molecule has 2 aromatic rings. The van der Waals surface area contributed by atoms with E-state index in [-0.39, 0.29) is 18.0 Å². The Morgan fingerprint density at radius 1 is 1.12 bits per heavy atom. The number of carbonyl (C=O) groups is 1. The van der Waals surface area contributed by atoms with Gasteiger partial charge in [-0.2, -0.15) is 4.57 Å². The molecule has 1 aliphatic heterocycles. The average Bonchev–Trinajstić information content (AvgIpc) is 2.95. The van der Waals surface area contributed by atoms with Gasteiger partial charge in [0.2, 0.25) is 6.04 Å². The van der Waals surface area contributed by atoms with Crippen LogP contribution in [0.3, 0.4) is 0 Å². The van der Waals surface area contributed by atoms with Crippen LogP contribution in [0.5, 0.6) is 0 Å². The first-order valence-electron chi connectivity index (χ1n) is 9.08. The Morgan fingerprint density at radius 3 is 2.71 bits per heavy atom. The summed E-state index contributed by atoms with van der Waals surface area (Å²) in [6.07, 6.45) is 10.1. The molecular formula is C21H25N2O+. The number of benzene rings is 1. The molecule has 0 saturated carbocycles. The Bertz CT molecular complexity index is 783. The maximum atomic E-state index is 13.2. The second-order valence-corrected chi connectivity index (χ2v) is 7.22. The van der Waals surface area contributed by atoms with Crippen molar-refractivity contribution in [3.05, 3.63) is 59.4 Å². The number of aryl methyl sites for hydroxylation is 2. The minimum absolute atomic E-state index is 0.175. The van der Waals surface area contributed by atoms with Gasteiger partial charge in [0.25, 0.3) is 5.91 Å². The lowest BCUT2D eigenvalue weighted by molar-refractivity contribution is -0.706. The first-order valence-corrected chi connectivity index (χ1v) is 9.08. The number of nitrogens with zero attached hydrogens (tertiary/aromatic N) is 2. The minimum atomic E-state index is -0.175. The van der Waals surface area contributed by atoms with Crippen molar-refractivity contribution in [1.82, 2.24) is 0 Å². The van der Waals surface area contributed by atoms with Gasteiger partial charge in [-0.3, -0.25) is 4.79 Å². The molecule has 4 rings (SSSR count). The number of para-hydroxylation sites is 1. The zero-order chi connectivity index (χ0) is 16.7. The van der Waals surface area contributed by atoms with E-state index in [1.54, 1.807) is 0 Å². The molecule has 2 atom stereocenters. The van der Waals surface area contributed by atoms with Gasteiger partial charge in [0.15, 0.2) is 12.4 Å². The lowest BCUT2D eigenvalue weighted by Crippen LogP contribution is -2.50. The number of pyridine rings is 1. The summed E-state index contributed by atoms with van der Waals surface area (Å²) < 4.78 is 2.10. The topological polar surface area (TPSA) is 24.2 Å². The second kappa shape index (κ2) is 6.04. The summed E-state index contributed by atoms with van der Waals surface area (Å²) in [4.78, 5) is 15.2. The molecule has 0 unspecified atom stereocenters. The molecule has 24 heavy (non-hydrogen) atoms. The monoisotopic (exact) mass is 321 g/mol. The first kappa shape index (κ1) is 15.4. The van der Waals surface area contributed by atoms with Crippen molar-refractivity contribution in [3.63, 3.8) is 0 Å². The molecule has 3 heteroatoms. The number of hydrogen-bond donors (Lipinski definition) is 0. The maximum absolute atomic E-state index is 13.2. The average molecular weight is 321 g/mol. The quantitative estimate of drug-likeness (QED) is 0.778. The third kappa shape index (κ3) is 2.52. The highest BCUT2D eigenvalue weighted by Crippen LogP contribution is 2.33. The van der Waals surface area contributed by atoms with Gasteiger partial charge in [-0.15, -0.1) is 0 Å². The number of amides is 1. The highest BCUT2D eigenvalue weighted by molar-refractivity contribution is 5.97. The molecule has 1 aromatic heterocycles. The maximum Gasteiger partial charge on any atom is 0.296 e. The molecule has 0 saturated heterocycles. The number of hydrogen-bond acceptors (Lipinski definition) is 1. The Morgan fingerprint density at radius 2 is 1.88 bits per heavy atom. The summed E-state index contributed by atoms with van der Waals surface area (Å²) >= 11 is 0. The van der Waals surface area contributed by atoms with Crippen LogP contribution >= 0.6 is 0 Å². The van der Waals surface area contributed by atoms with E-state index in [0.717, 1.165) is 18.5 Å². The summed E-state index contributed by atoms with van der Waals surface area (Å²) in [6.45, 7) is 4.16. The molecule has 1 amide bonds. The van der Waals surface area contributed by atoms with Crippen LogP contribution in [0, 0.1) is 0 Å². The standard InChI is InChI=1S/C21H25N2O/c1-15-13-18-8-5-6-10-20(18)23(15)21(24)16(2)22-12-11-17-7-3-4-9-19(17)14-22/h5-6,8,10-12,14-16H,3-4,7,9,13H2,1-2H3/q+1/t15-,16+/m1/s1. The number of anilines is 1. The Hall–Kier alpha value is -2.16. The Balaban J connectivity index is 1.63. The van der Waals surface area contributed by atoms with Crippen molar-refractivity contribution in [2.45, 2.75) is 58.0 Å². The van der Waals surface area contributed by atoms with Crippen LogP contribution in [0.25, 0.3) is 0 Å². The predicted molar refractivity (Wildman–Crippen MR) is 95.1 cm³/mol. The van der Waals surface area contributed by atoms with Crippen molar-refractivity contribution in [2.75, 3.05) is 4.90 Å². The highest BCUT2D eigenvalue weighted by atomic mass is 16.2. The SMILES string of the molecule is C[C@@H]1Cc2ccccc2N1C(=O)[C@H](C)[n+]1ccc2c(c1)CCCC2. The van der Waals surface area contributed by atoms with E-state index in [9.17, 15) is 4.79 Å². The van der Waals surface area contributed by atoms with E-state index < -0.39 is 0 Å². The zero-order valence-corrected chi connectivity index (χ0v) is 14.5. The molecule has 3 nitrogen and oxygen atoms in total. The molecule has 1 aliphatic carbocycles. The van der Waals surface area contributed by atoms with Gasteiger partial charge < -0.3 is 4.90 Å². The summed E-state index contributed by atoms with van der Waals surface area (Å²) in [5.74, 6) is 0.188. The third-order valence-corrected chi connectivity index (χ3v) is 5.56. The molecule has 1 aromatic carbocycles. The van der Waals surface area contributed by atoms with Crippen LogP contribution in [0.1, 0.15) is 49.4 Å².